The topological polar surface area (TPSA) is 85.2 Å². The molecule has 0 atom stereocenters. The van der Waals surface area contributed by atoms with E-state index in [9.17, 15) is 4.79 Å². The number of carboxylic acids is 1. The van der Waals surface area contributed by atoms with E-state index >= 15 is 0 Å². The Morgan fingerprint density at radius 2 is 2.06 bits per heavy atom. The Bertz CT molecular complexity index is 599. The van der Waals surface area contributed by atoms with E-state index in [0.29, 0.717) is 17.3 Å². The zero-order valence-electron chi connectivity index (χ0n) is 9.91. The number of carbonyl (C=O) groups is 1. The Labute approximate surface area is 103 Å². The number of hydrogen-bond donors (Lipinski definition) is 1. The first-order valence-corrected chi connectivity index (χ1v) is 5.22. The van der Waals surface area contributed by atoms with Gasteiger partial charge in [-0.25, -0.2) is 9.78 Å². The third-order valence-corrected chi connectivity index (χ3v) is 2.21. The molecule has 0 aliphatic heterocycles. The predicted octanol–water partition coefficient (Wildman–Crippen LogP) is 1.98. The molecule has 0 spiro atoms. The predicted molar refractivity (Wildman–Crippen MR) is 62.8 cm³/mol. The van der Waals surface area contributed by atoms with Crippen LogP contribution in [0.3, 0.4) is 0 Å². The standard InChI is InChI=1S/C12H11N3O3/c1-7-4-14-8(2)11(15-7)18-10-3-9(12(16)17)5-13-6-10/h3-6H,1-2H3,(H,16,17). The van der Waals surface area contributed by atoms with Gasteiger partial charge < -0.3 is 9.84 Å². The maximum atomic E-state index is 10.8. The lowest BCUT2D eigenvalue weighted by Gasteiger charge is -2.07. The SMILES string of the molecule is Cc1cnc(C)c(Oc2cncc(C(=O)O)c2)n1. The van der Waals surface area contributed by atoms with Crippen LogP contribution >= 0.6 is 0 Å². The van der Waals surface area contributed by atoms with Crippen molar-refractivity contribution in [2.45, 2.75) is 13.8 Å². The number of ether oxygens (including phenoxy) is 1. The van der Waals surface area contributed by atoms with Gasteiger partial charge in [0.2, 0.25) is 5.88 Å². The summed E-state index contributed by atoms with van der Waals surface area (Å²) in [5.74, 6) is -0.391. The number of pyridine rings is 1. The molecule has 0 fully saturated rings. The van der Waals surface area contributed by atoms with Crippen molar-refractivity contribution in [2.75, 3.05) is 0 Å². The molecule has 2 aromatic rings. The number of aryl methyl sites for hydroxylation is 2. The van der Waals surface area contributed by atoms with E-state index < -0.39 is 5.97 Å². The lowest BCUT2D eigenvalue weighted by molar-refractivity contribution is 0.0696. The highest BCUT2D eigenvalue weighted by Crippen LogP contribution is 2.21. The van der Waals surface area contributed by atoms with Gasteiger partial charge in [-0.1, -0.05) is 0 Å². The number of nitrogens with zero attached hydrogens (tertiary/aromatic N) is 3. The molecular formula is C12H11N3O3. The summed E-state index contributed by atoms with van der Waals surface area (Å²) in [5.41, 5.74) is 1.41. The average molecular weight is 245 g/mol. The van der Waals surface area contributed by atoms with Gasteiger partial charge in [0, 0.05) is 12.4 Å². The zero-order chi connectivity index (χ0) is 13.1. The van der Waals surface area contributed by atoms with Crippen LogP contribution in [0.1, 0.15) is 21.7 Å². The van der Waals surface area contributed by atoms with E-state index in [2.05, 4.69) is 15.0 Å². The normalized spacial score (nSPS) is 10.1. The second kappa shape index (κ2) is 4.79. The van der Waals surface area contributed by atoms with Gasteiger partial charge in [0.25, 0.3) is 0 Å². The minimum atomic E-state index is -1.06. The van der Waals surface area contributed by atoms with E-state index in [1.165, 1.54) is 18.5 Å². The van der Waals surface area contributed by atoms with Crippen molar-refractivity contribution in [2.24, 2.45) is 0 Å². The summed E-state index contributed by atoms with van der Waals surface area (Å²) >= 11 is 0. The van der Waals surface area contributed by atoms with E-state index in [1.807, 2.05) is 0 Å². The first-order valence-electron chi connectivity index (χ1n) is 5.22. The summed E-state index contributed by atoms with van der Waals surface area (Å²) in [4.78, 5) is 22.9. The molecule has 0 radical (unpaired) electrons. The van der Waals surface area contributed by atoms with E-state index in [1.54, 1.807) is 20.0 Å². The van der Waals surface area contributed by atoms with E-state index in [0.717, 1.165) is 5.69 Å². The van der Waals surface area contributed by atoms with Crippen LogP contribution in [-0.4, -0.2) is 26.0 Å². The molecule has 0 saturated heterocycles. The smallest absolute Gasteiger partial charge is 0.337 e. The van der Waals surface area contributed by atoms with Gasteiger partial charge in [-0.3, -0.25) is 9.97 Å². The van der Waals surface area contributed by atoms with E-state index in [4.69, 9.17) is 9.84 Å². The van der Waals surface area contributed by atoms with Gasteiger partial charge in [-0.05, 0) is 19.9 Å². The molecule has 0 aliphatic carbocycles. The van der Waals surface area contributed by atoms with Crippen molar-refractivity contribution < 1.29 is 14.6 Å². The highest BCUT2D eigenvalue weighted by atomic mass is 16.5. The minimum Gasteiger partial charge on any atom is -0.478 e. The first-order chi connectivity index (χ1) is 8.56. The van der Waals surface area contributed by atoms with Gasteiger partial charge in [-0.2, -0.15) is 0 Å². The van der Waals surface area contributed by atoms with Crippen LogP contribution in [0.25, 0.3) is 0 Å². The molecule has 6 nitrogen and oxygen atoms in total. The first kappa shape index (κ1) is 12.0. The fraction of sp³-hybridized carbons (Fsp3) is 0.167. The summed E-state index contributed by atoms with van der Waals surface area (Å²) in [6.45, 7) is 3.56. The van der Waals surface area contributed by atoms with Crippen LogP contribution < -0.4 is 4.74 Å². The highest BCUT2D eigenvalue weighted by molar-refractivity contribution is 5.87. The largest absolute Gasteiger partial charge is 0.478 e. The second-order valence-electron chi connectivity index (χ2n) is 3.72. The summed E-state index contributed by atoms with van der Waals surface area (Å²) < 4.78 is 5.48. The number of aromatic nitrogens is 3. The molecule has 2 aromatic heterocycles. The van der Waals surface area contributed by atoms with Crippen molar-refractivity contribution in [3.63, 3.8) is 0 Å². The quantitative estimate of drug-likeness (QED) is 0.889. The summed E-state index contributed by atoms with van der Waals surface area (Å²) in [5, 5.41) is 8.85. The maximum Gasteiger partial charge on any atom is 0.337 e. The van der Waals surface area contributed by atoms with Crippen LogP contribution in [0.15, 0.2) is 24.7 Å². The van der Waals surface area contributed by atoms with Gasteiger partial charge in [-0.15, -0.1) is 0 Å². The molecule has 6 heteroatoms. The molecule has 92 valence electrons. The Morgan fingerprint density at radius 1 is 1.28 bits per heavy atom. The fourth-order valence-electron chi connectivity index (χ4n) is 1.32. The Balaban J connectivity index is 2.31. The molecule has 0 bridgehead atoms. The number of rotatable bonds is 3. The Hall–Kier alpha value is -2.50. The third kappa shape index (κ3) is 2.60. The monoisotopic (exact) mass is 245 g/mol. The van der Waals surface area contributed by atoms with Gasteiger partial charge in [0.1, 0.15) is 5.75 Å². The zero-order valence-corrected chi connectivity index (χ0v) is 9.91. The molecule has 2 heterocycles. The molecule has 0 aliphatic rings. The molecule has 18 heavy (non-hydrogen) atoms. The average Bonchev–Trinajstić information content (AvgIpc) is 2.34. The summed E-state index contributed by atoms with van der Waals surface area (Å²) in [6, 6.07) is 1.39. The maximum absolute atomic E-state index is 10.8. The van der Waals surface area contributed by atoms with Crippen molar-refractivity contribution in [3.05, 3.63) is 41.6 Å². The number of aromatic carboxylic acids is 1. The van der Waals surface area contributed by atoms with Gasteiger partial charge in [0.05, 0.1) is 23.1 Å². The number of carboxylic acid groups (broad SMARTS) is 1. The lowest BCUT2D eigenvalue weighted by Crippen LogP contribution is -1.99. The molecule has 0 unspecified atom stereocenters. The number of hydrogen-bond acceptors (Lipinski definition) is 5. The molecule has 0 amide bonds. The second-order valence-corrected chi connectivity index (χ2v) is 3.72. The van der Waals surface area contributed by atoms with Crippen LogP contribution in [-0.2, 0) is 0 Å². The van der Waals surface area contributed by atoms with E-state index in [-0.39, 0.29) is 5.56 Å². The van der Waals surface area contributed by atoms with Crippen molar-refractivity contribution in [1.82, 2.24) is 15.0 Å². The van der Waals surface area contributed by atoms with Crippen LogP contribution in [0.2, 0.25) is 0 Å². The fourth-order valence-corrected chi connectivity index (χ4v) is 1.32. The van der Waals surface area contributed by atoms with Crippen LogP contribution in [0, 0.1) is 13.8 Å². The van der Waals surface area contributed by atoms with Gasteiger partial charge in [0.15, 0.2) is 0 Å². The molecule has 2 rings (SSSR count). The summed E-state index contributed by atoms with van der Waals surface area (Å²) in [6.07, 6.45) is 4.31. The highest BCUT2D eigenvalue weighted by Gasteiger charge is 2.08. The lowest BCUT2D eigenvalue weighted by atomic mass is 10.3. The summed E-state index contributed by atoms with van der Waals surface area (Å²) in [7, 11) is 0. The molecule has 0 aromatic carbocycles. The van der Waals surface area contributed by atoms with Crippen LogP contribution in [0.4, 0.5) is 0 Å². The van der Waals surface area contributed by atoms with Crippen molar-refractivity contribution in [3.8, 4) is 11.6 Å². The van der Waals surface area contributed by atoms with Crippen LogP contribution in [0.5, 0.6) is 11.6 Å². The molecule has 0 saturated carbocycles. The Kier molecular flexibility index (Phi) is 3.18. The Morgan fingerprint density at radius 3 is 2.78 bits per heavy atom. The van der Waals surface area contributed by atoms with Crippen molar-refractivity contribution >= 4 is 5.97 Å². The minimum absolute atomic E-state index is 0.0609. The van der Waals surface area contributed by atoms with Crippen molar-refractivity contribution in [1.29, 1.82) is 0 Å². The molecule has 1 N–H and O–H groups in total. The third-order valence-electron chi connectivity index (χ3n) is 2.21. The van der Waals surface area contributed by atoms with Gasteiger partial charge >= 0.3 is 5.97 Å². The molecular weight excluding hydrogens is 234 g/mol.